The van der Waals surface area contributed by atoms with E-state index in [4.69, 9.17) is 14.8 Å². The van der Waals surface area contributed by atoms with Crippen LogP contribution in [-0.2, 0) is 6.54 Å². The number of benzene rings is 4. The standard InChI is InChI=1S/C30H23FN4O4/c1-39-26-13-10-20(31)15-23(26)27(28-33-24-4-2-3-5-25(24)34-28)35-16-19-7-6-18(14-22(19)29(35)36)17-8-11-21(12-9-17)32-30(37)38/h2-15,27,32H,16H2,1H3,(H,33,34)(H,37,38). The highest BCUT2D eigenvalue weighted by Gasteiger charge is 2.37. The molecule has 2 heterocycles. The molecule has 1 aliphatic rings. The Bertz CT molecular complexity index is 1700. The second kappa shape index (κ2) is 9.60. The van der Waals surface area contributed by atoms with Crippen molar-refractivity contribution in [1.29, 1.82) is 0 Å². The number of amides is 2. The maximum Gasteiger partial charge on any atom is 0.409 e. The number of carbonyl (C=O) groups excluding carboxylic acids is 1. The van der Waals surface area contributed by atoms with E-state index in [9.17, 15) is 14.0 Å². The van der Waals surface area contributed by atoms with Crippen molar-refractivity contribution < 1.29 is 23.8 Å². The molecule has 0 aliphatic carbocycles. The molecule has 2 amide bonds. The zero-order valence-electron chi connectivity index (χ0n) is 20.8. The minimum absolute atomic E-state index is 0.215. The number of anilines is 1. The van der Waals surface area contributed by atoms with Crippen molar-refractivity contribution in [2.45, 2.75) is 12.6 Å². The van der Waals surface area contributed by atoms with Gasteiger partial charge >= 0.3 is 6.09 Å². The molecule has 8 nitrogen and oxygen atoms in total. The highest BCUT2D eigenvalue weighted by Crippen LogP contribution is 2.40. The van der Waals surface area contributed by atoms with Gasteiger partial charge in [-0.05, 0) is 65.2 Å². The van der Waals surface area contributed by atoms with Crippen molar-refractivity contribution in [3.05, 3.63) is 113 Å². The molecule has 0 spiro atoms. The average molecular weight is 523 g/mol. The summed E-state index contributed by atoms with van der Waals surface area (Å²) < 4.78 is 20.1. The Morgan fingerprint density at radius 3 is 2.56 bits per heavy atom. The number of ether oxygens (including phenoxy) is 1. The SMILES string of the molecule is COc1ccc(F)cc1C(c1nc2ccccc2[nH]1)N1Cc2ccc(-c3ccc(NC(=O)O)cc3)cc2C1=O. The van der Waals surface area contributed by atoms with Crippen LogP contribution in [0.2, 0.25) is 0 Å². The molecule has 0 radical (unpaired) electrons. The number of aromatic nitrogens is 2. The second-order valence-corrected chi connectivity index (χ2v) is 9.24. The molecule has 194 valence electrons. The van der Waals surface area contributed by atoms with Gasteiger partial charge in [-0.1, -0.05) is 36.4 Å². The number of carbonyl (C=O) groups is 2. The number of imidazole rings is 1. The van der Waals surface area contributed by atoms with Crippen molar-refractivity contribution in [2.24, 2.45) is 0 Å². The molecule has 9 heteroatoms. The molecular weight excluding hydrogens is 499 g/mol. The highest BCUT2D eigenvalue weighted by atomic mass is 19.1. The number of fused-ring (bicyclic) bond motifs is 2. The predicted molar refractivity (Wildman–Crippen MR) is 144 cm³/mol. The lowest BCUT2D eigenvalue weighted by Gasteiger charge is -2.28. The lowest BCUT2D eigenvalue weighted by atomic mass is 10.00. The van der Waals surface area contributed by atoms with Gasteiger partial charge in [-0.2, -0.15) is 0 Å². The first kappa shape index (κ1) is 24.2. The van der Waals surface area contributed by atoms with Gasteiger partial charge in [-0.25, -0.2) is 14.2 Å². The van der Waals surface area contributed by atoms with E-state index < -0.39 is 18.0 Å². The predicted octanol–water partition coefficient (Wildman–Crippen LogP) is 6.21. The number of carboxylic acid groups (broad SMARTS) is 1. The quantitative estimate of drug-likeness (QED) is 0.246. The van der Waals surface area contributed by atoms with Crippen LogP contribution < -0.4 is 10.1 Å². The summed E-state index contributed by atoms with van der Waals surface area (Å²) in [5, 5.41) is 11.2. The van der Waals surface area contributed by atoms with Gasteiger partial charge in [0.25, 0.3) is 5.91 Å². The fraction of sp³-hybridized carbons (Fsp3) is 0.100. The van der Waals surface area contributed by atoms with Crippen molar-refractivity contribution >= 4 is 28.7 Å². The number of nitrogens with one attached hydrogen (secondary N) is 2. The molecule has 0 fully saturated rings. The summed E-state index contributed by atoms with van der Waals surface area (Å²) >= 11 is 0. The minimum Gasteiger partial charge on any atom is -0.496 e. The summed E-state index contributed by atoms with van der Waals surface area (Å²) in [6, 6.07) is 23.6. The minimum atomic E-state index is -1.14. The maximum absolute atomic E-state index is 14.5. The monoisotopic (exact) mass is 522 g/mol. The Labute approximate surface area is 222 Å². The molecule has 1 aromatic heterocycles. The van der Waals surface area contributed by atoms with E-state index in [1.807, 2.05) is 42.5 Å². The van der Waals surface area contributed by atoms with Crippen LogP contribution in [0.5, 0.6) is 5.75 Å². The Hall–Kier alpha value is -5.18. The summed E-state index contributed by atoms with van der Waals surface area (Å²) in [6.07, 6.45) is -1.14. The van der Waals surface area contributed by atoms with Gasteiger partial charge in [-0.15, -0.1) is 0 Å². The van der Waals surface area contributed by atoms with E-state index in [2.05, 4.69) is 10.3 Å². The van der Waals surface area contributed by atoms with Crippen molar-refractivity contribution in [3.8, 4) is 16.9 Å². The van der Waals surface area contributed by atoms with Crippen LogP contribution >= 0.6 is 0 Å². The van der Waals surface area contributed by atoms with Crippen molar-refractivity contribution in [3.63, 3.8) is 0 Å². The van der Waals surface area contributed by atoms with Gasteiger partial charge in [0.2, 0.25) is 0 Å². The first-order valence-electron chi connectivity index (χ1n) is 12.2. The lowest BCUT2D eigenvalue weighted by Crippen LogP contribution is -2.31. The first-order chi connectivity index (χ1) is 18.9. The number of rotatable bonds is 6. The number of hydrogen-bond donors (Lipinski definition) is 3. The van der Waals surface area contributed by atoms with Crippen molar-refractivity contribution in [1.82, 2.24) is 14.9 Å². The van der Waals surface area contributed by atoms with Gasteiger partial charge in [0.1, 0.15) is 23.4 Å². The number of nitrogens with zero attached hydrogens (tertiary/aromatic N) is 2. The van der Waals surface area contributed by atoms with Crippen LogP contribution in [-0.4, -0.2) is 39.1 Å². The van der Waals surface area contributed by atoms with E-state index in [0.717, 1.165) is 27.7 Å². The Kier molecular flexibility index (Phi) is 5.95. The van der Waals surface area contributed by atoms with Gasteiger partial charge < -0.3 is 19.7 Å². The topological polar surface area (TPSA) is 108 Å². The zero-order valence-corrected chi connectivity index (χ0v) is 20.8. The average Bonchev–Trinajstić information content (AvgIpc) is 3.50. The number of aromatic amines is 1. The smallest absolute Gasteiger partial charge is 0.409 e. The van der Waals surface area contributed by atoms with Crippen LogP contribution in [0.1, 0.15) is 33.4 Å². The fourth-order valence-electron chi connectivity index (χ4n) is 5.06. The largest absolute Gasteiger partial charge is 0.496 e. The van der Waals surface area contributed by atoms with Gasteiger partial charge in [-0.3, -0.25) is 10.1 Å². The fourth-order valence-corrected chi connectivity index (χ4v) is 5.06. The summed E-state index contributed by atoms with van der Waals surface area (Å²) in [5.41, 5.74) is 5.50. The maximum atomic E-state index is 14.5. The molecule has 3 N–H and O–H groups in total. The third kappa shape index (κ3) is 4.44. The molecule has 1 aliphatic heterocycles. The Balaban J connectivity index is 1.40. The number of para-hydroxylation sites is 2. The number of hydrogen-bond acceptors (Lipinski definition) is 4. The van der Waals surface area contributed by atoms with Crippen LogP contribution in [0.25, 0.3) is 22.2 Å². The molecule has 0 bridgehead atoms. The molecule has 6 rings (SSSR count). The third-order valence-corrected chi connectivity index (χ3v) is 6.88. The van der Waals surface area contributed by atoms with Gasteiger partial charge in [0.05, 0.1) is 18.1 Å². The molecule has 4 aromatic carbocycles. The number of halogens is 1. The van der Waals surface area contributed by atoms with Gasteiger partial charge in [0.15, 0.2) is 0 Å². The van der Waals surface area contributed by atoms with Crippen molar-refractivity contribution in [2.75, 3.05) is 12.4 Å². The third-order valence-electron chi connectivity index (χ3n) is 6.88. The van der Waals surface area contributed by atoms with E-state index >= 15 is 0 Å². The zero-order chi connectivity index (χ0) is 27.1. The summed E-state index contributed by atoms with van der Waals surface area (Å²) in [6.45, 7) is 0.303. The van der Waals surface area contributed by atoms with Gasteiger partial charge in [0, 0.05) is 23.4 Å². The molecule has 0 saturated heterocycles. The molecule has 5 aromatic rings. The Morgan fingerprint density at radius 1 is 1.05 bits per heavy atom. The summed E-state index contributed by atoms with van der Waals surface area (Å²) in [4.78, 5) is 34.6. The molecule has 39 heavy (non-hydrogen) atoms. The molecular formula is C30H23FN4O4. The Morgan fingerprint density at radius 2 is 1.82 bits per heavy atom. The first-order valence-corrected chi connectivity index (χ1v) is 12.2. The number of H-pyrrole nitrogens is 1. The lowest BCUT2D eigenvalue weighted by molar-refractivity contribution is 0.0723. The van der Waals surface area contributed by atoms with Crippen LogP contribution in [0.4, 0.5) is 14.9 Å². The van der Waals surface area contributed by atoms with Crippen LogP contribution in [0, 0.1) is 5.82 Å². The van der Waals surface area contributed by atoms with E-state index in [1.165, 1.54) is 19.2 Å². The van der Waals surface area contributed by atoms with E-state index in [-0.39, 0.29) is 5.91 Å². The molecule has 1 atom stereocenters. The second-order valence-electron chi connectivity index (χ2n) is 9.24. The van der Waals surface area contributed by atoms with E-state index in [0.29, 0.717) is 34.9 Å². The highest BCUT2D eigenvalue weighted by molar-refractivity contribution is 6.00. The van der Waals surface area contributed by atoms with Crippen LogP contribution in [0.3, 0.4) is 0 Å². The molecule has 0 saturated carbocycles. The summed E-state index contributed by atoms with van der Waals surface area (Å²) in [5.74, 6) is 0.288. The summed E-state index contributed by atoms with van der Waals surface area (Å²) in [7, 11) is 1.51. The molecule has 1 unspecified atom stereocenters. The normalized spacial score (nSPS) is 13.4. The van der Waals surface area contributed by atoms with E-state index in [1.54, 1.807) is 35.2 Å². The number of methoxy groups -OCH3 is 1. The van der Waals surface area contributed by atoms with Crippen LogP contribution in [0.15, 0.2) is 84.9 Å².